The van der Waals surface area contributed by atoms with Crippen LogP contribution in [0, 0.1) is 0 Å². The second kappa shape index (κ2) is 4.50. The maximum Gasteiger partial charge on any atom is 0.260 e. The molecule has 1 aliphatic heterocycles. The number of hydrogen-bond acceptors (Lipinski definition) is 1. The van der Waals surface area contributed by atoms with Gasteiger partial charge in [0.1, 0.15) is 0 Å². The summed E-state index contributed by atoms with van der Waals surface area (Å²) in [5, 5.41) is 0. The molecular weight excluding hydrogens is 208 g/mol. The lowest BCUT2D eigenvalue weighted by atomic mass is 10.0. The topological polar surface area (TPSA) is 3.24 Å². The molecule has 0 radical (unpaired) electrons. The second-order valence-corrected chi connectivity index (χ2v) is 4.52. The standard InChI is InChI=1S/C13H17F2N/c1-11(12-6-3-2-4-7-12)16-9-5-8-13(14,15)10-16/h2-4,6-7,11H,5,8-10H2,1H3. The van der Waals surface area contributed by atoms with Crippen molar-refractivity contribution in [2.24, 2.45) is 0 Å². The lowest BCUT2D eigenvalue weighted by Crippen LogP contribution is -2.43. The zero-order chi connectivity index (χ0) is 11.6. The van der Waals surface area contributed by atoms with Gasteiger partial charge in [-0.15, -0.1) is 0 Å². The monoisotopic (exact) mass is 225 g/mol. The van der Waals surface area contributed by atoms with Crippen LogP contribution in [0.4, 0.5) is 8.78 Å². The lowest BCUT2D eigenvalue weighted by Gasteiger charge is -2.36. The number of benzene rings is 1. The average Bonchev–Trinajstić information content (AvgIpc) is 2.28. The summed E-state index contributed by atoms with van der Waals surface area (Å²) in [5.41, 5.74) is 1.11. The Morgan fingerprint density at radius 2 is 1.94 bits per heavy atom. The van der Waals surface area contributed by atoms with Crippen LogP contribution < -0.4 is 0 Å². The van der Waals surface area contributed by atoms with Gasteiger partial charge in [-0.25, -0.2) is 8.78 Å². The van der Waals surface area contributed by atoms with Crippen LogP contribution in [0.15, 0.2) is 30.3 Å². The van der Waals surface area contributed by atoms with E-state index in [0.29, 0.717) is 6.42 Å². The van der Waals surface area contributed by atoms with Gasteiger partial charge in [0, 0.05) is 12.5 Å². The van der Waals surface area contributed by atoms with Gasteiger partial charge in [0.05, 0.1) is 6.54 Å². The van der Waals surface area contributed by atoms with Gasteiger partial charge in [0.15, 0.2) is 0 Å². The SMILES string of the molecule is CC(c1ccccc1)N1CCCC(F)(F)C1. The summed E-state index contributed by atoms with van der Waals surface area (Å²) in [7, 11) is 0. The van der Waals surface area contributed by atoms with E-state index in [0.717, 1.165) is 12.1 Å². The minimum atomic E-state index is -2.51. The molecule has 1 unspecified atom stereocenters. The fourth-order valence-corrected chi connectivity index (χ4v) is 2.27. The first kappa shape index (κ1) is 11.5. The second-order valence-electron chi connectivity index (χ2n) is 4.52. The van der Waals surface area contributed by atoms with Crippen molar-refractivity contribution in [3.8, 4) is 0 Å². The van der Waals surface area contributed by atoms with E-state index in [9.17, 15) is 8.78 Å². The van der Waals surface area contributed by atoms with Crippen LogP contribution in [0.25, 0.3) is 0 Å². The van der Waals surface area contributed by atoms with Crippen LogP contribution in [0.2, 0.25) is 0 Å². The van der Waals surface area contributed by atoms with Crippen LogP contribution in [0.1, 0.15) is 31.4 Å². The number of alkyl halides is 2. The number of piperidine rings is 1. The van der Waals surface area contributed by atoms with Gasteiger partial charge in [-0.1, -0.05) is 30.3 Å². The van der Waals surface area contributed by atoms with Gasteiger partial charge < -0.3 is 0 Å². The van der Waals surface area contributed by atoms with Gasteiger partial charge in [-0.05, 0) is 25.5 Å². The Balaban J connectivity index is 2.08. The van der Waals surface area contributed by atoms with E-state index >= 15 is 0 Å². The highest BCUT2D eigenvalue weighted by molar-refractivity contribution is 5.18. The molecule has 0 bridgehead atoms. The molecule has 88 valence electrons. The first-order valence-electron chi connectivity index (χ1n) is 5.75. The predicted octanol–water partition coefficient (Wildman–Crippen LogP) is 3.48. The van der Waals surface area contributed by atoms with E-state index in [1.54, 1.807) is 0 Å². The molecule has 0 amide bonds. The third kappa shape index (κ3) is 2.59. The van der Waals surface area contributed by atoms with Gasteiger partial charge in [-0.3, -0.25) is 4.90 Å². The van der Waals surface area contributed by atoms with Gasteiger partial charge in [0.2, 0.25) is 0 Å². The molecule has 2 rings (SSSR count). The highest BCUT2D eigenvalue weighted by Crippen LogP contribution is 2.31. The van der Waals surface area contributed by atoms with E-state index < -0.39 is 5.92 Å². The van der Waals surface area contributed by atoms with E-state index in [1.807, 2.05) is 42.2 Å². The molecule has 1 nitrogen and oxygen atoms in total. The fourth-order valence-electron chi connectivity index (χ4n) is 2.27. The Morgan fingerprint density at radius 1 is 1.25 bits per heavy atom. The third-order valence-corrected chi connectivity index (χ3v) is 3.25. The molecule has 3 heteroatoms. The Labute approximate surface area is 95.1 Å². The van der Waals surface area contributed by atoms with Gasteiger partial charge in [-0.2, -0.15) is 0 Å². The van der Waals surface area contributed by atoms with E-state index in [-0.39, 0.29) is 19.0 Å². The number of hydrogen-bond donors (Lipinski definition) is 0. The van der Waals surface area contributed by atoms with Crippen molar-refractivity contribution >= 4 is 0 Å². The lowest BCUT2D eigenvalue weighted by molar-refractivity contribution is -0.0737. The predicted molar refractivity (Wildman–Crippen MR) is 60.6 cm³/mol. The van der Waals surface area contributed by atoms with Crippen LogP contribution in [-0.2, 0) is 0 Å². The maximum absolute atomic E-state index is 13.3. The zero-order valence-corrected chi connectivity index (χ0v) is 9.50. The summed E-state index contributed by atoms with van der Waals surface area (Å²) in [6.45, 7) is 2.66. The average molecular weight is 225 g/mol. The van der Waals surface area contributed by atoms with Crippen molar-refractivity contribution in [1.82, 2.24) is 4.90 Å². The molecule has 0 saturated carbocycles. The summed E-state index contributed by atoms with van der Waals surface area (Å²) in [4.78, 5) is 1.87. The van der Waals surface area contributed by atoms with Crippen molar-refractivity contribution in [2.75, 3.05) is 13.1 Å². The molecular formula is C13H17F2N. The molecule has 1 aliphatic rings. The molecule has 1 saturated heterocycles. The van der Waals surface area contributed by atoms with Crippen molar-refractivity contribution in [3.63, 3.8) is 0 Å². The largest absolute Gasteiger partial charge is 0.291 e. The first-order chi connectivity index (χ1) is 7.58. The summed E-state index contributed by atoms with van der Waals surface area (Å²) in [6.07, 6.45) is 0.620. The fraction of sp³-hybridized carbons (Fsp3) is 0.538. The number of likely N-dealkylation sites (tertiary alicyclic amines) is 1. The normalized spacial score (nSPS) is 22.9. The molecule has 1 aromatic carbocycles. The molecule has 0 N–H and O–H groups in total. The summed E-state index contributed by atoms with van der Waals surface area (Å²) >= 11 is 0. The molecule has 0 aromatic heterocycles. The Kier molecular flexibility index (Phi) is 3.24. The molecule has 1 fully saturated rings. The van der Waals surface area contributed by atoms with E-state index in [4.69, 9.17) is 0 Å². The quantitative estimate of drug-likeness (QED) is 0.744. The van der Waals surface area contributed by atoms with Crippen LogP contribution in [0.3, 0.4) is 0 Å². The smallest absolute Gasteiger partial charge is 0.260 e. The van der Waals surface area contributed by atoms with Crippen molar-refractivity contribution < 1.29 is 8.78 Å². The third-order valence-electron chi connectivity index (χ3n) is 3.25. The van der Waals surface area contributed by atoms with E-state index in [1.165, 1.54) is 0 Å². The van der Waals surface area contributed by atoms with Crippen LogP contribution in [-0.4, -0.2) is 23.9 Å². The zero-order valence-electron chi connectivity index (χ0n) is 9.50. The molecule has 1 aromatic rings. The minimum absolute atomic E-state index is 0.0327. The maximum atomic E-state index is 13.3. The number of nitrogens with zero attached hydrogens (tertiary/aromatic N) is 1. The minimum Gasteiger partial charge on any atom is -0.291 e. The number of rotatable bonds is 2. The molecule has 1 heterocycles. The van der Waals surface area contributed by atoms with Crippen LogP contribution >= 0.6 is 0 Å². The molecule has 0 aliphatic carbocycles. The van der Waals surface area contributed by atoms with Crippen molar-refractivity contribution in [2.45, 2.75) is 31.7 Å². The van der Waals surface area contributed by atoms with Crippen LogP contribution in [0.5, 0.6) is 0 Å². The van der Waals surface area contributed by atoms with Crippen molar-refractivity contribution in [1.29, 1.82) is 0 Å². The van der Waals surface area contributed by atoms with E-state index in [2.05, 4.69) is 0 Å². The molecule has 0 spiro atoms. The molecule has 1 atom stereocenters. The van der Waals surface area contributed by atoms with Gasteiger partial charge in [0.25, 0.3) is 5.92 Å². The summed E-state index contributed by atoms with van der Waals surface area (Å²) in [6, 6.07) is 9.92. The highest BCUT2D eigenvalue weighted by atomic mass is 19.3. The van der Waals surface area contributed by atoms with Gasteiger partial charge >= 0.3 is 0 Å². The Morgan fingerprint density at radius 3 is 2.56 bits per heavy atom. The first-order valence-corrected chi connectivity index (χ1v) is 5.75. The number of halogens is 2. The summed E-state index contributed by atoms with van der Waals surface area (Å²) in [5.74, 6) is -2.51. The Bertz CT molecular complexity index is 337. The highest BCUT2D eigenvalue weighted by Gasteiger charge is 2.36. The van der Waals surface area contributed by atoms with Crippen molar-refractivity contribution in [3.05, 3.63) is 35.9 Å². The Hall–Kier alpha value is -0.960. The summed E-state index contributed by atoms with van der Waals surface area (Å²) < 4.78 is 26.6. The molecule has 16 heavy (non-hydrogen) atoms.